The summed E-state index contributed by atoms with van der Waals surface area (Å²) >= 11 is 5.62. The summed E-state index contributed by atoms with van der Waals surface area (Å²) in [6.07, 6.45) is 2.56. The molecule has 0 saturated heterocycles. The number of rotatable bonds is 10. The Kier molecular flexibility index (Phi) is 6.35. The van der Waals surface area contributed by atoms with Gasteiger partial charge in [0.25, 0.3) is 5.91 Å². The minimum Gasteiger partial charge on any atom is -0.484 e. The number of halogens is 3. The van der Waals surface area contributed by atoms with Gasteiger partial charge in [0.15, 0.2) is 6.61 Å². The van der Waals surface area contributed by atoms with E-state index in [0.29, 0.717) is 32.3 Å². The van der Waals surface area contributed by atoms with Crippen LogP contribution in [0.3, 0.4) is 0 Å². The molecule has 5 rings (SSSR count). The summed E-state index contributed by atoms with van der Waals surface area (Å²) in [7, 11) is 0. The summed E-state index contributed by atoms with van der Waals surface area (Å²) < 4.78 is 37.0. The van der Waals surface area contributed by atoms with Crippen molar-refractivity contribution < 1.29 is 27.8 Å². The normalized spacial score (nSPS) is 23.0. The van der Waals surface area contributed by atoms with Gasteiger partial charge in [-0.15, -0.1) is 0 Å². The maximum absolute atomic E-state index is 13.4. The summed E-state index contributed by atoms with van der Waals surface area (Å²) in [6.45, 7) is 0.0848. The van der Waals surface area contributed by atoms with Crippen LogP contribution in [0.4, 0.5) is 8.78 Å². The van der Waals surface area contributed by atoms with Crippen LogP contribution in [0.2, 0.25) is 5.02 Å². The number of benzene rings is 2. The molecule has 3 fully saturated rings. The van der Waals surface area contributed by atoms with Gasteiger partial charge in [-0.25, -0.2) is 8.78 Å². The summed E-state index contributed by atoms with van der Waals surface area (Å²) in [5.41, 5.74) is 0.335. The highest BCUT2D eigenvalue weighted by Gasteiger charge is 2.69. The number of hydrogen-bond donors (Lipinski definition) is 2. The molecule has 32 heavy (non-hydrogen) atoms. The van der Waals surface area contributed by atoms with E-state index in [4.69, 9.17) is 21.1 Å². The van der Waals surface area contributed by atoms with Crippen molar-refractivity contribution in [3.05, 3.63) is 64.7 Å². The van der Waals surface area contributed by atoms with Gasteiger partial charge in [-0.2, -0.15) is 0 Å². The molecule has 9 heteroatoms. The average Bonchev–Trinajstić information content (AvgIpc) is 2.71. The van der Waals surface area contributed by atoms with Gasteiger partial charge in [0, 0.05) is 17.1 Å². The zero-order chi connectivity index (χ0) is 22.8. The van der Waals surface area contributed by atoms with E-state index in [9.17, 15) is 18.4 Å². The lowest BCUT2D eigenvalue weighted by molar-refractivity contribution is -0.152. The topological polar surface area (TPSA) is 76.7 Å². The van der Waals surface area contributed by atoms with Crippen LogP contribution in [0.15, 0.2) is 42.5 Å². The van der Waals surface area contributed by atoms with Crippen LogP contribution in [0.1, 0.15) is 24.8 Å². The van der Waals surface area contributed by atoms with Gasteiger partial charge in [0.2, 0.25) is 5.91 Å². The fourth-order valence-electron chi connectivity index (χ4n) is 4.44. The molecule has 170 valence electrons. The molecule has 2 N–H and O–H groups in total. The highest BCUT2D eigenvalue weighted by Crippen LogP contribution is 2.60. The number of nitrogens with one attached hydrogen (secondary N) is 2. The van der Waals surface area contributed by atoms with Gasteiger partial charge in [-0.3, -0.25) is 9.59 Å². The Morgan fingerprint density at radius 3 is 2.19 bits per heavy atom. The van der Waals surface area contributed by atoms with Crippen molar-refractivity contribution >= 4 is 23.4 Å². The molecule has 0 aliphatic heterocycles. The van der Waals surface area contributed by atoms with E-state index in [1.807, 2.05) is 0 Å². The second-order valence-corrected chi connectivity index (χ2v) is 8.89. The van der Waals surface area contributed by atoms with Gasteiger partial charge in [-0.05, 0) is 55.5 Å². The van der Waals surface area contributed by atoms with Crippen LogP contribution < -0.4 is 15.4 Å². The maximum Gasteiger partial charge on any atom is 0.258 e. The minimum absolute atomic E-state index is 0.0127. The number of ether oxygens (including phenoxy) is 2. The van der Waals surface area contributed by atoms with E-state index in [2.05, 4.69) is 10.6 Å². The predicted octanol–water partition coefficient (Wildman–Crippen LogP) is 3.16. The van der Waals surface area contributed by atoms with Crippen LogP contribution in [-0.4, -0.2) is 42.7 Å². The molecule has 0 spiro atoms. The maximum atomic E-state index is 13.4. The summed E-state index contributed by atoms with van der Waals surface area (Å²) in [4.78, 5) is 24.3. The largest absolute Gasteiger partial charge is 0.484 e. The van der Waals surface area contributed by atoms with Crippen LogP contribution >= 0.6 is 11.6 Å². The second kappa shape index (κ2) is 9.03. The van der Waals surface area contributed by atoms with Gasteiger partial charge in [-0.1, -0.05) is 23.7 Å². The molecule has 2 amide bonds. The zero-order valence-corrected chi connectivity index (χ0v) is 18.0. The molecule has 0 unspecified atom stereocenters. The van der Waals surface area contributed by atoms with Crippen LogP contribution in [0, 0.1) is 11.6 Å². The van der Waals surface area contributed by atoms with Crippen molar-refractivity contribution in [2.24, 2.45) is 0 Å². The monoisotopic (exact) mass is 464 g/mol. The first-order chi connectivity index (χ1) is 15.3. The highest BCUT2D eigenvalue weighted by molar-refractivity contribution is 6.30. The highest BCUT2D eigenvalue weighted by atomic mass is 35.5. The van der Waals surface area contributed by atoms with E-state index in [-0.39, 0.29) is 52.7 Å². The molecule has 2 bridgehead atoms. The van der Waals surface area contributed by atoms with E-state index in [0.717, 1.165) is 11.6 Å². The van der Waals surface area contributed by atoms with Gasteiger partial charge >= 0.3 is 0 Å². The molecule has 0 aromatic heterocycles. The van der Waals surface area contributed by atoms with E-state index < -0.39 is 5.82 Å². The van der Waals surface area contributed by atoms with Crippen molar-refractivity contribution in [3.63, 3.8) is 0 Å². The van der Waals surface area contributed by atoms with Crippen LogP contribution in [0.5, 0.6) is 5.75 Å². The molecule has 3 saturated carbocycles. The van der Waals surface area contributed by atoms with Crippen molar-refractivity contribution in [2.75, 3.05) is 19.8 Å². The number of amides is 2. The van der Waals surface area contributed by atoms with Crippen molar-refractivity contribution in [3.8, 4) is 5.75 Å². The third-order valence-electron chi connectivity index (χ3n) is 5.78. The lowest BCUT2D eigenvalue weighted by Gasteiger charge is -2.70. The first-order valence-corrected chi connectivity index (χ1v) is 10.7. The van der Waals surface area contributed by atoms with E-state index in [1.165, 1.54) is 24.3 Å². The summed E-state index contributed by atoms with van der Waals surface area (Å²) in [6, 6.07) is 10.1. The Balaban J connectivity index is 1.11. The molecule has 2 aromatic rings. The first kappa shape index (κ1) is 22.5. The van der Waals surface area contributed by atoms with Crippen molar-refractivity contribution in [1.82, 2.24) is 10.6 Å². The lowest BCUT2D eigenvalue weighted by atomic mass is 9.44. The first-order valence-electron chi connectivity index (χ1n) is 10.3. The van der Waals surface area contributed by atoms with E-state index in [1.54, 1.807) is 12.1 Å². The third kappa shape index (κ3) is 5.19. The molecule has 6 nitrogen and oxygen atoms in total. The Bertz CT molecular complexity index is 996. The third-order valence-corrected chi connectivity index (χ3v) is 6.09. The Morgan fingerprint density at radius 2 is 1.56 bits per heavy atom. The molecule has 3 aliphatic carbocycles. The van der Waals surface area contributed by atoms with E-state index >= 15 is 0 Å². The lowest BCUT2D eigenvalue weighted by Crippen LogP contribution is -2.84. The van der Waals surface area contributed by atoms with Gasteiger partial charge < -0.3 is 20.1 Å². The molecule has 0 atom stereocenters. The summed E-state index contributed by atoms with van der Waals surface area (Å²) in [5.74, 6) is -1.17. The van der Waals surface area contributed by atoms with Gasteiger partial charge in [0.05, 0.1) is 11.6 Å². The smallest absolute Gasteiger partial charge is 0.258 e. The SMILES string of the molecule is O=C(COCCc1ccc(F)cc1)NC12CC(NC(=O)COc3ccc(Cl)c(F)c3)(C1)C2. The molecule has 0 heterocycles. The molecular formula is C23H23ClF2N2O4. The molecule has 3 aliphatic rings. The predicted molar refractivity (Wildman–Crippen MR) is 113 cm³/mol. The Morgan fingerprint density at radius 1 is 0.938 bits per heavy atom. The molecule has 2 aromatic carbocycles. The fourth-order valence-corrected chi connectivity index (χ4v) is 4.56. The fraction of sp³-hybridized carbons (Fsp3) is 0.391. The van der Waals surface area contributed by atoms with Crippen molar-refractivity contribution in [1.29, 1.82) is 0 Å². The standard InChI is InChI=1S/C23H23ClF2N2O4/c24-18-6-5-17(9-19(18)26)32-11-21(30)28-23-12-22(13-23,14-23)27-20(29)10-31-8-7-15-1-3-16(25)4-2-15/h1-6,9H,7-8,10-14H2,(H,27,29)(H,28,30). The zero-order valence-electron chi connectivity index (χ0n) is 17.3. The quantitative estimate of drug-likeness (QED) is 0.530. The number of carbonyl (C=O) groups excluding carboxylic acids is 2. The summed E-state index contributed by atoms with van der Waals surface area (Å²) in [5, 5.41) is 5.90. The van der Waals surface area contributed by atoms with Gasteiger partial charge in [0.1, 0.15) is 24.0 Å². The second-order valence-electron chi connectivity index (χ2n) is 8.48. The average molecular weight is 465 g/mol. The van der Waals surface area contributed by atoms with Crippen molar-refractivity contribution in [2.45, 2.75) is 36.8 Å². The number of carbonyl (C=O) groups is 2. The molecule has 0 radical (unpaired) electrons. The van der Waals surface area contributed by atoms with Crippen LogP contribution in [-0.2, 0) is 20.7 Å². The minimum atomic E-state index is -0.610. The Labute approximate surface area is 189 Å². The molecular weight excluding hydrogens is 442 g/mol. The Hall–Kier alpha value is -2.71. The number of hydrogen-bond acceptors (Lipinski definition) is 4. The van der Waals surface area contributed by atoms with Crippen LogP contribution in [0.25, 0.3) is 0 Å².